The first-order valence-corrected chi connectivity index (χ1v) is 8.40. The first kappa shape index (κ1) is 15.7. The molecule has 4 rings (SSSR count). The minimum atomic E-state index is -0.0483. The van der Waals surface area contributed by atoms with Crippen LogP contribution in [0.4, 0.5) is 0 Å². The molecule has 1 atom stereocenters. The van der Waals surface area contributed by atoms with Crippen molar-refractivity contribution in [2.75, 3.05) is 19.7 Å². The lowest BCUT2D eigenvalue weighted by Crippen LogP contribution is -2.46. The molecule has 128 valence electrons. The molecule has 2 aromatic heterocycles. The van der Waals surface area contributed by atoms with E-state index in [0.717, 1.165) is 29.4 Å². The summed E-state index contributed by atoms with van der Waals surface area (Å²) in [6.07, 6.45) is 4.93. The number of para-hydroxylation sites is 1. The fourth-order valence-electron chi connectivity index (χ4n) is 3.13. The average Bonchev–Trinajstić information content (AvgIpc) is 3.11. The molecule has 3 aromatic rings. The summed E-state index contributed by atoms with van der Waals surface area (Å²) in [7, 11) is 0. The lowest BCUT2D eigenvalue weighted by molar-refractivity contribution is -0.0248. The number of hydrogen-bond acceptors (Lipinski definition) is 5. The number of nitrogens with zero attached hydrogens (tertiary/aromatic N) is 4. The molecule has 1 saturated heterocycles. The monoisotopic (exact) mass is 337 g/mol. The maximum absolute atomic E-state index is 12.9. The van der Waals surface area contributed by atoms with E-state index in [1.807, 2.05) is 35.2 Å². The van der Waals surface area contributed by atoms with Gasteiger partial charge in [-0.15, -0.1) is 0 Å². The molecule has 7 heteroatoms. The Morgan fingerprint density at radius 3 is 3.12 bits per heavy atom. The van der Waals surface area contributed by atoms with Gasteiger partial charge in [-0.1, -0.05) is 18.2 Å². The number of aryl methyl sites for hydroxylation is 1. The average molecular weight is 337 g/mol. The highest BCUT2D eigenvalue weighted by Crippen LogP contribution is 2.19. The molecule has 0 aliphatic carbocycles. The van der Waals surface area contributed by atoms with Crippen molar-refractivity contribution < 1.29 is 9.53 Å². The Morgan fingerprint density at radius 1 is 1.32 bits per heavy atom. The molecular weight excluding hydrogens is 318 g/mol. The van der Waals surface area contributed by atoms with Gasteiger partial charge in [0.1, 0.15) is 6.33 Å². The van der Waals surface area contributed by atoms with Crippen LogP contribution in [-0.4, -0.2) is 56.8 Å². The van der Waals surface area contributed by atoms with E-state index < -0.39 is 0 Å². The summed E-state index contributed by atoms with van der Waals surface area (Å²) in [5.74, 6) is -0.0483. The van der Waals surface area contributed by atoms with Gasteiger partial charge in [-0.2, -0.15) is 5.10 Å². The quantitative estimate of drug-likeness (QED) is 0.785. The maximum atomic E-state index is 12.9. The Labute approximate surface area is 145 Å². The Hall–Kier alpha value is -2.80. The predicted octanol–water partition coefficient (Wildman–Crippen LogP) is 1.83. The molecule has 25 heavy (non-hydrogen) atoms. The van der Waals surface area contributed by atoms with E-state index in [-0.39, 0.29) is 12.0 Å². The van der Waals surface area contributed by atoms with Crippen LogP contribution in [0.3, 0.4) is 0 Å². The fraction of sp³-hybridized carbons (Fsp3) is 0.333. The number of fused-ring (bicyclic) bond motifs is 1. The van der Waals surface area contributed by atoms with E-state index in [0.29, 0.717) is 25.4 Å². The van der Waals surface area contributed by atoms with Gasteiger partial charge in [0, 0.05) is 30.4 Å². The van der Waals surface area contributed by atoms with Crippen LogP contribution in [-0.2, 0) is 11.2 Å². The zero-order valence-corrected chi connectivity index (χ0v) is 13.8. The summed E-state index contributed by atoms with van der Waals surface area (Å²) < 4.78 is 5.82. The van der Waals surface area contributed by atoms with Crippen LogP contribution in [0.15, 0.2) is 42.9 Å². The summed E-state index contributed by atoms with van der Waals surface area (Å²) in [5.41, 5.74) is 2.34. The predicted molar refractivity (Wildman–Crippen MR) is 92.1 cm³/mol. The van der Waals surface area contributed by atoms with Crippen molar-refractivity contribution in [3.63, 3.8) is 0 Å². The molecule has 1 fully saturated rings. The zero-order valence-electron chi connectivity index (χ0n) is 13.8. The van der Waals surface area contributed by atoms with Crippen molar-refractivity contribution in [2.45, 2.75) is 18.9 Å². The van der Waals surface area contributed by atoms with Gasteiger partial charge in [-0.05, 0) is 25.0 Å². The van der Waals surface area contributed by atoms with Crippen LogP contribution in [0.1, 0.15) is 22.6 Å². The smallest absolute Gasteiger partial charge is 0.275 e. The number of nitrogens with one attached hydrogen (secondary N) is 1. The number of ether oxygens (including phenoxy) is 1. The molecule has 3 heterocycles. The Bertz CT molecular complexity index is 864. The minimum absolute atomic E-state index is 0.0119. The van der Waals surface area contributed by atoms with Gasteiger partial charge in [0.25, 0.3) is 5.91 Å². The molecule has 1 aliphatic heterocycles. The minimum Gasteiger partial charge on any atom is -0.375 e. The number of amides is 1. The molecule has 0 spiro atoms. The molecule has 1 aromatic carbocycles. The van der Waals surface area contributed by atoms with Crippen LogP contribution < -0.4 is 0 Å². The van der Waals surface area contributed by atoms with Crippen LogP contribution in [0, 0.1) is 0 Å². The van der Waals surface area contributed by atoms with Crippen molar-refractivity contribution in [3.8, 4) is 0 Å². The second-order valence-electron chi connectivity index (χ2n) is 6.10. The number of aromatic nitrogens is 4. The van der Waals surface area contributed by atoms with E-state index in [9.17, 15) is 4.79 Å². The number of hydrogen-bond donors (Lipinski definition) is 1. The van der Waals surface area contributed by atoms with Crippen LogP contribution in [0.5, 0.6) is 0 Å². The molecule has 0 unspecified atom stereocenters. The van der Waals surface area contributed by atoms with Gasteiger partial charge in [-0.3, -0.25) is 9.89 Å². The largest absolute Gasteiger partial charge is 0.375 e. The van der Waals surface area contributed by atoms with E-state index in [2.05, 4.69) is 20.2 Å². The van der Waals surface area contributed by atoms with E-state index in [1.165, 1.54) is 0 Å². The molecule has 1 aliphatic rings. The molecule has 0 bridgehead atoms. The highest BCUT2D eigenvalue weighted by molar-refractivity contribution is 6.04. The normalized spacial score (nSPS) is 17.8. The number of H-pyrrole nitrogens is 1. The lowest BCUT2D eigenvalue weighted by Gasteiger charge is -2.32. The molecular formula is C18H19N5O2. The first-order valence-electron chi connectivity index (χ1n) is 8.40. The second-order valence-corrected chi connectivity index (χ2v) is 6.10. The maximum Gasteiger partial charge on any atom is 0.275 e. The summed E-state index contributed by atoms with van der Waals surface area (Å²) in [6, 6.07) is 9.58. The van der Waals surface area contributed by atoms with Crippen LogP contribution in [0.25, 0.3) is 10.9 Å². The number of benzene rings is 1. The Balaban J connectivity index is 1.43. The van der Waals surface area contributed by atoms with Gasteiger partial charge >= 0.3 is 0 Å². The summed E-state index contributed by atoms with van der Waals surface area (Å²) in [5, 5.41) is 8.00. The summed E-state index contributed by atoms with van der Waals surface area (Å²) >= 11 is 0. The van der Waals surface area contributed by atoms with Gasteiger partial charge in [0.2, 0.25) is 0 Å². The Kier molecular flexibility index (Phi) is 4.39. The van der Waals surface area contributed by atoms with Gasteiger partial charge in [0.05, 0.1) is 18.2 Å². The molecule has 1 amide bonds. The van der Waals surface area contributed by atoms with Crippen LogP contribution >= 0.6 is 0 Å². The van der Waals surface area contributed by atoms with Crippen molar-refractivity contribution in [2.24, 2.45) is 0 Å². The first-order chi connectivity index (χ1) is 12.3. The van der Waals surface area contributed by atoms with E-state index in [1.54, 1.807) is 12.5 Å². The molecule has 1 N–H and O–H groups in total. The summed E-state index contributed by atoms with van der Waals surface area (Å²) in [4.78, 5) is 22.8. The highest BCUT2D eigenvalue weighted by Gasteiger charge is 2.27. The molecule has 7 nitrogen and oxygen atoms in total. The fourth-order valence-corrected chi connectivity index (χ4v) is 3.13. The van der Waals surface area contributed by atoms with E-state index >= 15 is 0 Å². The number of aromatic amines is 1. The topological polar surface area (TPSA) is 84.0 Å². The third-order valence-corrected chi connectivity index (χ3v) is 4.46. The molecule has 0 saturated carbocycles. The van der Waals surface area contributed by atoms with Crippen molar-refractivity contribution >= 4 is 16.8 Å². The lowest BCUT2D eigenvalue weighted by atomic mass is 10.1. The van der Waals surface area contributed by atoms with Gasteiger partial charge in [-0.25, -0.2) is 9.97 Å². The number of rotatable bonds is 4. The SMILES string of the molecule is O=C(c1n[nH]c2ccccc12)N1CCO[C@H](CCc2ccncn2)C1. The van der Waals surface area contributed by atoms with Gasteiger partial charge in [0.15, 0.2) is 5.69 Å². The number of carbonyl (C=O) groups excluding carboxylic acids is 1. The van der Waals surface area contributed by atoms with Crippen molar-refractivity contribution in [1.29, 1.82) is 0 Å². The zero-order chi connectivity index (χ0) is 17.1. The van der Waals surface area contributed by atoms with Crippen LogP contribution in [0.2, 0.25) is 0 Å². The molecule has 0 radical (unpaired) electrons. The Morgan fingerprint density at radius 2 is 2.24 bits per heavy atom. The number of carbonyl (C=O) groups is 1. The van der Waals surface area contributed by atoms with E-state index in [4.69, 9.17) is 4.74 Å². The second kappa shape index (κ2) is 6.98. The standard InChI is InChI=1S/C18H19N5O2/c24-18(17-15-3-1-2-4-16(15)21-22-17)23-9-10-25-14(11-23)6-5-13-7-8-19-12-20-13/h1-4,7-8,12,14H,5-6,9-11H2,(H,21,22)/t14-/m1/s1. The number of morpholine rings is 1. The van der Waals surface area contributed by atoms with Crippen molar-refractivity contribution in [3.05, 3.63) is 54.2 Å². The van der Waals surface area contributed by atoms with Crippen molar-refractivity contribution in [1.82, 2.24) is 25.1 Å². The highest BCUT2D eigenvalue weighted by atomic mass is 16.5. The third kappa shape index (κ3) is 3.36. The third-order valence-electron chi connectivity index (χ3n) is 4.46. The summed E-state index contributed by atoms with van der Waals surface area (Å²) in [6.45, 7) is 1.71. The van der Waals surface area contributed by atoms with Gasteiger partial charge < -0.3 is 9.64 Å².